The Bertz CT molecular complexity index is 1570. The number of para-hydroxylation sites is 1. The first-order valence-electron chi connectivity index (χ1n) is 10.1. The highest BCUT2D eigenvalue weighted by Gasteiger charge is 2.17. The average Bonchev–Trinajstić information content (AvgIpc) is 3.26. The van der Waals surface area contributed by atoms with Crippen LogP contribution in [0.3, 0.4) is 0 Å². The summed E-state index contributed by atoms with van der Waals surface area (Å²) < 4.78 is 21.1. The molecule has 8 nitrogen and oxygen atoms in total. The lowest BCUT2D eigenvalue weighted by molar-refractivity contribution is 0.0951. The number of halogens is 1. The largest absolute Gasteiger partial charge is 0.496 e. The van der Waals surface area contributed by atoms with Gasteiger partial charge >= 0.3 is 0 Å². The van der Waals surface area contributed by atoms with E-state index in [-0.39, 0.29) is 29.4 Å². The zero-order valence-electron chi connectivity index (χ0n) is 17.5. The van der Waals surface area contributed by atoms with Gasteiger partial charge in [-0.05, 0) is 36.4 Å². The first-order valence-corrected chi connectivity index (χ1v) is 10.1. The second-order valence-electron chi connectivity index (χ2n) is 7.34. The Labute approximate surface area is 186 Å². The number of rotatable bonds is 5. The van der Waals surface area contributed by atoms with E-state index in [0.29, 0.717) is 22.2 Å². The maximum absolute atomic E-state index is 14.3. The normalized spacial score (nSPS) is 11.1. The zero-order valence-corrected chi connectivity index (χ0v) is 17.5. The van der Waals surface area contributed by atoms with Crippen LogP contribution < -0.4 is 15.6 Å². The minimum absolute atomic E-state index is 0.171. The van der Waals surface area contributed by atoms with E-state index in [4.69, 9.17) is 4.74 Å². The van der Waals surface area contributed by atoms with Gasteiger partial charge in [-0.3, -0.25) is 9.59 Å². The molecule has 0 spiro atoms. The van der Waals surface area contributed by atoms with E-state index in [1.807, 2.05) is 24.3 Å². The van der Waals surface area contributed by atoms with Gasteiger partial charge in [0.05, 0.1) is 18.0 Å². The highest BCUT2D eigenvalue weighted by Crippen LogP contribution is 2.25. The molecule has 0 aliphatic carbocycles. The average molecular weight is 443 g/mol. The number of benzene rings is 3. The molecule has 0 bridgehead atoms. The number of amides is 1. The molecule has 0 radical (unpaired) electrons. The van der Waals surface area contributed by atoms with Gasteiger partial charge in [-0.15, -0.1) is 0 Å². The van der Waals surface area contributed by atoms with Crippen LogP contribution in [0.1, 0.15) is 15.9 Å². The lowest BCUT2D eigenvalue weighted by Crippen LogP contribution is -2.23. The molecule has 0 saturated heterocycles. The monoisotopic (exact) mass is 443 g/mol. The van der Waals surface area contributed by atoms with Crippen LogP contribution in [0.2, 0.25) is 0 Å². The topological polar surface area (TPSA) is 101 Å². The number of hydrogen-bond donors (Lipinski definition) is 2. The molecule has 5 aromatic rings. The molecule has 164 valence electrons. The van der Waals surface area contributed by atoms with Crippen molar-refractivity contribution < 1.29 is 13.9 Å². The van der Waals surface area contributed by atoms with Gasteiger partial charge in [0.1, 0.15) is 17.3 Å². The third kappa shape index (κ3) is 3.59. The van der Waals surface area contributed by atoms with Crippen LogP contribution in [0.25, 0.3) is 27.8 Å². The Kier molecular flexibility index (Phi) is 5.06. The molecule has 1 amide bonds. The summed E-state index contributed by atoms with van der Waals surface area (Å²) in [5, 5.41) is 10.1. The summed E-state index contributed by atoms with van der Waals surface area (Å²) in [5.41, 5.74) is 1.68. The number of H-pyrrole nitrogens is 1. The van der Waals surface area contributed by atoms with E-state index in [0.717, 1.165) is 5.56 Å². The number of nitrogens with zero attached hydrogens (tertiary/aromatic N) is 3. The minimum atomic E-state index is -0.495. The summed E-state index contributed by atoms with van der Waals surface area (Å²) in [7, 11) is 1.57. The predicted octanol–water partition coefficient (Wildman–Crippen LogP) is 3.32. The summed E-state index contributed by atoms with van der Waals surface area (Å²) in [4.78, 5) is 29.6. The second kappa shape index (κ2) is 8.19. The fraction of sp³-hybridized carbons (Fsp3) is 0.0833. The molecule has 0 unspecified atom stereocenters. The van der Waals surface area contributed by atoms with Gasteiger partial charge in [0.2, 0.25) is 0 Å². The molecular formula is C24H18FN5O3. The maximum atomic E-state index is 14.3. The van der Waals surface area contributed by atoms with Crippen molar-refractivity contribution in [1.82, 2.24) is 25.1 Å². The summed E-state index contributed by atoms with van der Waals surface area (Å²) in [6.07, 6.45) is 0. The molecule has 0 aliphatic rings. The van der Waals surface area contributed by atoms with E-state index in [1.54, 1.807) is 43.5 Å². The van der Waals surface area contributed by atoms with Gasteiger partial charge in [0, 0.05) is 23.2 Å². The Hall–Kier alpha value is -4.53. The lowest BCUT2D eigenvalue weighted by atomic mass is 10.1. The van der Waals surface area contributed by atoms with Crippen molar-refractivity contribution in [3.05, 3.63) is 94.0 Å². The number of carbonyl (C=O) groups excluding carboxylic acids is 1. The summed E-state index contributed by atoms with van der Waals surface area (Å²) in [6, 6.07) is 18.2. The third-order valence-corrected chi connectivity index (χ3v) is 5.38. The van der Waals surface area contributed by atoms with Crippen LogP contribution in [0.5, 0.6) is 5.75 Å². The van der Waals surface area contributed by atoms with Gasteiger partial charge in [-0.2, -0.15) is 10.1 Å². The van der Waals surface area contributed by atoms with Crippen LogP contribution in [-0.2, 0) is 6.54 Å². The molecule has 2 heterocycles. The number of carbonyl (C=O) groups is 1. The van der Waals surface area contributed by atoms with Crippen molar-refractivity contribution >= 4 is 22.5 Å². The molecule has 2 N–H and O–H groups in total. The van der Waals surface area contributed by atoms with Crippen molar-refractivity contribution in [2.75, 3.05) is 7.11 Å². The van der Waals surface area contributed by atoms with Gasteiger partial charge < -0.3 is 10.1 Å². The van der Waals surface area contributed by atoms with E-state index >= 15 is 0 Å². The maximum Gasteiger partial charge on any atom is 0.281 e. The number of aromatic amines is 1. The molecule has 0 saturated carbocycles. The van der Waals surface area contributed by atoms with Gasteiger partial charge in [-0.1, -0.05) is 30.3 Å². The van der Waals surface area contributed by atoms with Crippen LogP contribution >= 0.6 is 0 Å². The van der Waals surface area contributed by atoms with E-state index in [2.05, 4.69) is 20.6 Å². The molecule has 0 fully saturated rings. The Morgan fingerprint density at radius 3 is 2.73 bits per heavy atom. The van der Waals surface area contributed by atoms with Gasteiger partial charge in [-0.25, -0.2) is 14.1 Å². The Morgan fingerprint density at radius 2 is 1.91 bits per heavy atom. The molecule has 33 heavy (non-hydrogen) atoms. The molecule has 9 heteroatoms. The fourth-order valence-electron chi connectivity index (χ4n) is 3.73. The number of methoxy groups -OCH3 is 1. The fourth-order valence-corrected chi connectivity index (χ4v) is 3.73. The smallest absolute Gasteiger partial charge is 0.281 e. The molecule has 2 aromatic heterocycles. The predicted molar refractivity (Wildman–Crippen MR) is 121 cm³/mol. The highest BCUT2D eigenvalue weighted by molar-refractivity contribution is 5.98. The van der Waals surface area contributed by atoms with Crippen molar-refractivity contribution in [3.8, 4) is 17.0 Å². The first-order chi connectivity index (χ1) is 16.1. The Morgan fingerprint density at radius 1 is 1.12 bits per heavy atom. The van der Waals surface area contributed by atoms with Gasteiger partial charge in [0.25, 0.3) is 11.5 Å². The third-order valence-electron chi connectivity index (χ3n) is 5.38. The van der Waals surface area contributed by atoms with Crippen molar-refractivity contribution in [2.24, 2.45) is 0 Å². The molecule has 3 aromatic carbocycles. The number of aromatic nitrogens is 4. The van der Waals surface area contributed by atoms with Crippen LogP contribution in [-0.4, -0.2) is 32.8 Å². The summed E-state index contributed by atoms with van der Waals surface area (Å²) in [5.74, 6) is -0.131. The minimum Gasteiger partial charge on any atom is -0.496 e. The Balaban J connectivity index is 1.54. The molecular weight excluding hydrogens is 425 g/mol. The summed E-state index contributed by atoms with van der Waals surface area (Å²) >= 11 is 0. The SMILES string of the molecule is COc1ccccc1CNC(=O)c1ccc2c(=O)nc3c(-c4ccccc4F)n[nH]n3c2c1. The lowest BCUT2D eigenvalue weighted by Gasteiger charge is -2.10. The van der Waals surface area contributed by atoms with E-state index in [9.17, 15) is 14.0 Å². The van der Waals surface area contributed by atoms with Crippen LogP contribution in [0.4, 0.5) is 4.39 Å². The molecule has 5 rings (SSSR count). The summed E-state index contributed by atoms with van der Waals surface area (Å²) in [6.45, 7) is 0.272. The zero-order chi connectivity index (χ0) is 22.9. The van der Waals surface area contributed by atoms with Crippen LogP contribution in [0.15, 0.2) is 71.5 Å². The highest BCUT2D eigenvalue weighted by atomic mass is 19.1. The number of hydrogen-bond acceptors (Lipinski definition) is 5. The van der Waals surface area contributed by atoms with E-state index < -0.39 is 11.4 Å². The number of ether oxygens (including phenoxy) is 1. The molecule has 0 atom stereocenters. The quantitative estimate of drug-likeness (QED) is 0.434. The van der Waals surface area contributed by atoms with Crippen molar-refractivity contribution in [1.29, 1.82) is 0 Å². The second-order valence-corrected chi connectivity index (χ2v) is 7.34. The molecule has 0 aliphatic heterocycles. The van der Waals surface area contributed by atoms with Crippen molar-refractivity contribution in [3.63, 3.8) is 0 Å². The standard InChI is InChI=1S/C24H18FN5O3/c1-33-20-9-5-2-6-15(20)13-26-23(31)14-10-11-17-19(12-14)30-22(27-24(17)32)21(28-29-30)16-7-3-4-8-18(16)25/h2-12,29H,13H2,1H3,(H,26,31). The number of nitrogens with one attached hydrogen (secondary N) is 2. The van der Waals surface area contributed by atoms with Gasteiger partial charge in [0.15, 0.2) is 5.65 Å². The number of fused-ring (bicyclic) bond motifs is 3. The van der Waals surface area contributed by atoms with Crippen molar-refractivity contribution in [2.45, 2.75) is 6.54 Å². The first kappa shape index (κ1) is 20.4. The van der Waals surface area contributed by atoms with Crippen LogP contribution in [0, 0.1) is 5.82 Å². The van der Waals surface area contributed by atoms with E-state index in [1.165, 1.54) is 10.6 Å².